The molecule has 3 aliphatic heterocycles. The van der Waals surface area contributed by atoms with Crippen LogP contribution in [0.1, 0.15) is 116 Å². The van der Waals surface area contributed by atoms with Gasteiger partial charge in [-0.2, -0.15) is 13.2 Å². The Kier molecular flexibility index (Phi) is 24.3. The minimum Gasteiger partial charge on any atom is -0.489 e. The molecule has 0 saturated carbocycles. The molecule has 0 aliphatic carbocycles. The molecule has 93 heavy (non-hydrogen) atoms. The lowest BCUT2D eigenvalue weighted by atomic mass is 10.0. The summed E-state index contributed by atoms with van der Waals surface area (Å²) in [6, 6.07) is 46.0. The normalized spacial score (nSPS) is 15.7. The van der Waals surface area contributed by atoms with Crippen molar-refractivity contribution in [2.24, 2.45) is 5.92 Å². The van der Waals surface area contributed by atoms with E-state index in [0.717, 1.165) is 174 Å². The highest BCUT2D eigenvalue weighted by Crippen LogP contribution is 2.33. The van der Waals surface area contributed by atoms with Gasteiger partial charge in [0, 0.05) is 128 Å². The monoisotopic (exact) mass is 1330 g/mol. The fraction of sp³-hybridized carbons (Fsp3) is 0.400. The van der Waals surface area contributed by atoms with Gasteiger partial charge in [0.15, 0.2) is 11.6 Å². The van der Waals surface area contributed by atoms with E-state index in [1.54, 1.807) is 35.8 Å². The van der Waals surface area contributed by atoms with Crippen molar-refractivity contribution in [2.75, 3.05) is 58.9 Å². The summed E-state index contributed by atoms with van der Waals surface area (Å²) in [5.74, 6) is 1.22. The van der Waals surface area contributed by atoms with E-state index < -0.39 is 12.0 Å². The average molecular weight is 1330 g/mol. The quantitative estimate of drug-likeness (QED) is 0.0579. The number of carbonyl (C=O) groups excluding carboxylic acids is 3. The number of aryl methyl sites for hydroxylation is 3. The third-order valence-corrected chi connectivity index (χ3v) is 18.7. The van der Waals surface area contributed by atoms with Gasteiger partial charge >= 0.3 is 6.18 Å². The zero-order valence-electron chi connectivity index (χ0n) is 53.4. The van der Waals surface area contributed by atoms with Crippen LogP contribution in [0.4, 0.5) is 13.2 Å². The van der Waals surface area contributed by atoms with Gasteiger partial charge in [-0.05, 0) is 145 Å². The van der Waals surface area contributed by atoms with Crippen LogP contribution in [0.2, 0.25) is 15.1 Å². The number of benzene rings is 6. The van der Waals surface area contributed by atoms with Gasteiger partial charge in [-0.1, -0.05) is 140 Å². The first kappa shape index (κ1) is 68.7. The Hall–Kier alpha value is -7.11. The van der Waals surface area contributed by atoms with Gasteiger partial charge < -0.3 is 42.6 Å². The molecule has 6 heterocycles. The van der Waals surface area contributed by atoms with Gasteiger partial charge in [-0.25, -0.2) is 0 Å². The summed E-state index contributed by atoms with van der Waals surface area (Å²) in [5.41, 5.74) is 4.35. The third kappa shape index (κ3) is 18.6. The first-order valence-corrected chi connectivity index (χ1v) is 33.9. The van der Waals surface area contributed by atoms with Crippen LogP contribution in [0.25, 0.3) is 32.7 Å². The average Bonchev–Trinajstić information content (AvgIpc) is 1.80. The molecule has 492 valence electrons. The number of aromatic nitrogens is 3. The van der Waals surface area contributed by atoms with Crippen molar-refractivity contribution in [1.29, 1.82) is 0 Å². The molecule has 9 aromatic rings. The number of para-hydroxylation sites is 6. The molecule has 6 aromatic carbocycles. The lowest BCUT2D eigenvalue weighted by Gasteiger charge is -2.32. The van der Waals surface area contributed by atoms with E-state index in [1.807, 2.05) is 103 Å². The molecule has 0 unspecified atom stereocenters. The van der Waals surface area contributed by atoms with E-state index in [2.05, 4.69) is 68.1 Å². The fourth-order valence-electron chi connectivity index (χ4n) is 12.9. The number of fused-ring (bicyclic) bond motifs is 3. The topological polar surface area (TPSA) is 103 Å². The number of ether oxygens (including phenoxy) is 3. The summed E-state index contributed by atoms with van der Waals surface area (Å²) in [6.45, 7) is 17.1. The third-order valence-electron chi connectivity index (χ3n) is 17.8. The maximum absolute atomic E-state index is 13.0. The van der Waals surface area contributed by atoms with E-state index in [0.29, 0.717) is 50.6 Å². The molecule has 0 spiro atoms. The standard InChI is InChI=1S/C27H33ClN2O2.C24H24ClF3N2O2.C24H27ClN2O2/c1-20(2)18-26(31)23-19-30(25-10-5-3-8-22(23)25)15-7-14-29-16-12-21(13-17-29)32-27-11-6-4-9-24(27)28;25-20-7-2-4-9-22(20)32-17-10-14-29(15-11-17)12-5-13-30-16-19(23(31)24(26,27)28)18-6-1-3-8-21(18)30;1-18(28)21-17-27(23-9-4-2-7-20(21)23)14-6-13-26-15-11-19(12-16-26)29-24-10-5-3-8-22(24)25/h3-6,8-11,19-21H,7,12-18H2,1-2H3;1-4,6-9,16-17H,5,10-15H2;2-5,7-10,17,19H,6,11-16H2,1H3. The Morgan fingerprint density at radius 3 is 1.08 bits per heavy atom. The first-order valence-electron chi connectivity index (χ1n) is 32.8. The molecule has 3 aliphatic rings. The number of rotatable bonds is 23. The number of halogens is 6. The Balaban J connectivity index is 0.000000153. The molecule has 3 fully saturated rings. The Morgan fingerprint density at radius 1 is 0.441 bits per heavy atom. The summed E-state index contributed by atoms with van der Waals surface area (Å²) in [6.07, 6.45) is 10.5. The SMILES string of the molecule is CC(=O)c1cn(CCCN2CCC(Oc3ccccc3Cl)CC2)c2ccccc12.CC(C)CC(=O)c1cn(CCCN2CCC(Oc3ccccc3Cl)CC2)c2ccccc12.O=C(c1cn(CCCN2CCC(Oc3ccccc3Cl)CC2)c2ccccc12)C(F)(F)F. The van der Waals surface area contributed by atoms with Crippen molar-refractivity contribution in [3.8, 4) is 17.2 Å². The lowest BCUT2D eigenvalue weighted by Crippen LogP contribution is -2.39. The number of hydrogen-bond donors (Lipinski definition) is 0. The Labute approximate surface area is 559 Å². The molecule has 3 saturated heterocycles. The second-order valence-corrected chi connectivity index (χ2v) is 26.2. The van der Waals surface area contributed by atoms with Crippen LogP contribution in [-0.2, 0) is 19.6 Å². The number of Topliss-reactive ketones (excluding diaryl/α,β-unsaturated/α-hetero) is 3. The molecule has 0 bridgehead atoms. The van der Waals surface area contributed by atoms with E-state index in [9.17, 15) is 27.6 Å². The van der Waals surface area contributed by atoms with Crippen molar-refractivity contribution < 1.29 is 41.8 Å². The number of nitrogens with zero attached hydrogens (tertiary/aromatic N) is 6. The number of carbonyl (C=O) groups is 3. The molecule has 3 aromatic heterocycles. The van der Waals surface area contributed by atoms with Crippen molar-refractivity contribution in [1.82, 2.24) is 28.4 Å². The minimum absolute atomic E-state index is 0.121. The Morgan fingerprint density at radius 2 is 0.742 bits per heavy atom. The summed E-state index contributed by atoms with van der Waals surface area (Å²) in [4.78, 5) is 43.9. The molecular formula is C75H84Cl3F3N6O6. The predicted octanol–water partition coefficient (Wildman–Crippen LogP) is 17.9. The van der Waals surface area contributed by atoms with Crippen LogP contribution >= 0.6 is 34.8 Å². The van der Waals surface area contributed by atoms with E-state index in [1.165, 1.54) is 6.20 Å². The van der Waals surface area contributed by atoms with Crippen LogP contribution in [0.3, 0.4) is 0 Å². The van der Waals surface area contributed by atoms with Gasteiger partial charge in [0.05, 0.1) is 20.6 Å². The number of piperidine rings is 3. The first-order chi connectivity index (χ1) is 44.9. The lowest BCUT2D eigenvalue weighted by molar-refractivity contribution is -0.0884. The smallest absolute Gasteiger partial charge is 0.454 e. The predicted molar refractivity (Wildman–Crippen MR) is 368 cm³/mol. The summed E-state index contributed by atoms with van der Waals surface area (Å²) >= 11 is 18.6. The number of likely N-dealkylation sites (tertiary alicyclic amines) is 3. The van der Waals surface area contributed by atoms with Crippen molar-refractivity contribution in [2.45, 2.75) is 129 Å². The van der Waals surface area contributed by atoms with Crippen LogP contribution in [0, 0.1) is 5.92 Å². The number of hydrogen-bond acceptors (Lipinski definition) is 9. The summed E-state index contributed by atoms with van der Waals surface area (Å²) in [5, 5.41) is 4.44. The largest absolute Gasteiger partial charge is 0.489 e. The molecule has 18 heteroatoms. The van der Waals surface area contributed by atoms with Crippen LogP contribution in [0.15, 0.2) is 164 Å². The highest BCUT2D eigenvalue weighted by atomic mass is 35.5. The zero-order valence-corrected chi connectivity index (χ0v) is 55.6. The highest BCUT2D eigenvalue weighted by Gasteiger charge is 2.41. The van der Waals surface area contributed by atoms with Gasteiger partial charge in [0.1, 0.15) is 35.6 Å². The minimum atomic E-state index is -4.88. The summed E-state index contributed by atoms with van der Waals surface area (Å²) in [7, 11) is 0. The molecule has 12 nitrogen and oxygen atoms in total. The second-order valence-electron chi connectivity index (χ2n) is 25.0. The zero-order chi connectivity index (χ0) is 65.4. The second kappa shape index (κ2) is 32.8. The number of ketones is 3. The van der Waals surface area contributed by atoms with Gasteiger partial charge in [0.25, 0.3) is 5.78 Å². The highest BCUT2D eigenvalue weighted by molar-refractivity contribution is 6.32. The Bertz CT molecular complexity index is 3930. The number of alkyl halides is 3. The van der Waals surface area contributed by atoms with Gasteiger partial charge in [0.2, 0.25) is 0 Å². The van der Waals surface area contributed by atoms with Crippen molar-refractivity contribution >= 4 is 84.9 Å². The molecule has 0 amide bonds. The molecule has 0 radical (unpaired) electrons. The fourth-order valence-corrected chi connectivity index (χ4v) is 13.5. The maximum atomic E-state index is 13.0. The van der Waals surface area contributed by atoms with Gasteiger partial charge in [-0.3, -0.25) is 14.4 Å². The molecule has 0 N–H and O–H groups in total. The van der Waals surface area contributed by atoms with Crippen molar-refractivity contribution in [3.63, 3.8) is 0 Å². The van der Waals surface area contributed by atoms with Crippen LogP contribution in [-0.4, -0.2) is 129 Å². The van der Waals surface area contributed by atoms with E-state index in [4.69, 9.17) is 49.0 Å². The molecule has 0 atom stereocenters. The van der Waals surface area contributed by atoms with Crippen molar-refractivity contribution in [3.05, 3.63) is 196 Å². The van der Waals surface area contributed by atoms with Crippen LogP contribution in [0.5, 0.6) is 17.2 Å². The van der Waals surface area contributed by atoms with E-state index >= 15 is 0 Å². The molecule has 12 rings (SSSR count). The van der Waals surface area contributed by atoms with Gasteiger partial charge in [-0.15, -0.1) is 0 Å². The maximum Gasteiger partial charge on any atom is 0.454 e. The van der Waals surface area contributed by atoms with E-state index in [-0.39, 0.29) is 35.4 Å². The molecular weight excluding hydrogens is 1240 g/mol. The van der Waals surface area contributed by atoms with Crippen LogP contribution < -0.4 is 14.2 Å². The summed E-state index contributed by atoms with van der Waals surface area (Å²) < 4.78 is 63.4.